The van der Waals surface area contributed by atoms with E-state index in [-0.39, 0.29) is 6.10 Å². The van der Waals surface area contributed by atoms with Crippen molar-refractivity contribution in [3.63, 3.8) is 0 Å². The van der Waals surface area contributed by atoms with E-state index in [4.69, 9.17) is 9.15 Å². The standard InChI is InChI=1S/C11H16O3/c1-2-10-7-11(12,4-6-14-10)9-3-5-13-8-9/h3,5,8,10,12H,2,4,6-7H2,1H3. The van der Waals surface area contributed by atoms with Gasteiger partial charge in [-0.2, -0.15) is 0 Å². The molecule has 2 unspecified atom stereocenters. The second kappa shape index (κ2) is 3.75. The summed E-state index contributed by atoms with van der Waals surface area (Å²) in [6.07, 6.45) is 5.66. The van der Waals surface area contributed by atoms with E-state index in [0.717, 1.165) is 12.0 Å². The molecule has 1 fully saturated rings. The van der Waals surface area contributed by atoms with E-state index in [9.17, 15) is 5.11 Å². The number of furan rings is 1. The number of ether oxygens (including phenoxy) is 1. The molecule has 1 aromatic rings. The average Bonchev–Trinajstić information content (AvgIpc) is 2.71. The van der Waals surface area contributed by atoms with Crippen molar-refractivity contribution in [1.29, 1.82) is 0 Å². The molecular formula is C11H16O3. The third-order valence-electron chi connectivity index (χ3n) is 2.95. The molecule has 78 valence electrons. The van der Waals surface area contributed by atoms with Crippen LogP contribution < -0.4 is 0 Å². The van der Waals surface area contributed by atoms with Gasteiger partial charge in [0.25, 0.3) is 0 Å². The topological polar surface area (TPSA) is 42.6 Å². The Morgan fingerprint density at radius 3 is 3.14 bits per heavy atom. The van der Waals surface area contributed by atoms with Crippen LogP contribution in [0, 0.1) is 0 Å². The van der Waals surface area contributed by atoms with Gasteiger partial charge in [0.1, 0.15) is 0 Å². The Labute approximate surface area is 83.7 Å². The van der Waals surface area contributed by atoms with Crippen molar-refractivity contribution in [1.82, 2.24) is 0 Å². The van der Waals surface area contributed by atoms with Crippen molar-refractivity contribution in [2.45, 2.75) is 37.9 Å². The van der Waals surface area contributed by atoms with Gasteiger partial charge in [-0.3, -0.25) is 0 Å². The van der Waals surface area contributed by atoms with Gasteiger partial charge in [-0.05, 0) is 12.5 Å². The first kappa shape index (κ1) is 9.74. The van der Waals surface area contributed by atoms with Gasteiger partial charge in [-0.1, -0.05) is 6.92 Å². The van der Waals surface area contributed by atoms with Crippen molar-refractivity contribution in [2.75, 3.05) is 6.61 Å². The largest absolute Gasteiger partial charge is 0.472 e. The molecule has 0 saturated carbocycles. The van der Waals surface area contributed by atoms with Gasteiger partial charge in [0.05, 0.1) is 30.8 Å². The van der Waals surface area contributed by atoms with E-state index in [0.29, 0.717) is 19.4 Å². The van der Waals surface area contributed by atoms with E-state index in [2.05, 4.69) is 6.92 Å². The molecule has 1 N–H and O–H groups in total. The van der Waals surface area contributed by atoms with Crippen LogP contribution in [0.15, 0.2) is 23.0 Å². The molecule has 0 bridgehead atoms. The molecule has 1 saturated heterocycles. The minimum atomic E-state index is -0.744. The zero-order valence-electron chi connectivity index (χ0n) is 8.40. The summed E-state index contributed by atoms with van der Waals surface area (Å²) in [6.45, 7) is 2.70. The summed E-state index contributed by atoms with van der Waals surface area (Å²) in [6, 6.07) is 1.83. The van der Waals surface area contributed by atoms with Crippen LogP contribution in [0.25, 0.3) is 0 Å². The fraction of sp³-hybridized carbons (Fsp3) is 0.636. The lowest BCUT2D eigenvalue weighted by atomic mass is 9.84. The van der Waals surface area contributed by atoms with Crippen molar-refractivity contribution in [3.05, 3.63) is 24.2 Å². The monoisotopic (exact) mass is 196 g/mol. The molecule has 3 nitrogen and oxygen atoms in total. The van der Waals surface area contributed by atoms with Crippen LogP contribution in [0.5, 0.6) is 0 Å². The molecular weight excluding hydrogens is 180 g/mol. The van der Waals surface area contributed by atoms with Gasteiger partial charge in [0.2, 0.25) is 0 Å². The van der Waals surface area contributed by atoms with E-state index in [1.807, 2.05) is 6.07 Å². The summed E-state index contributed by atoms with van der Waals surface area (Å²) < 4.78 is 10.5. The van der Waals surface area contributed by atoms with Gasteiger partial charge in [-0.25, -0.2) is 0 Å². The fourth-order valence-corrected chi connectivity index (χ4v) is 1.99. The van der Waals surface area contributed by atoms with Crippen molar-refractivity contribution in [2.24, 2.45) is 0 Å². The normalized spacial score (nSPS) is 33.1. The average molecular weight is 196 g/mol. The third kappa shape index (κ3) is 1.70. The smallest absolute Gasteiger partial charge is 0.0974 e. The van der Waals surface area contributed by atoms with Crippen LogP contribution in [0.1, 0.15) is 31.7 Å². The minimum Gasteiger partial charge on any atom is -0.472 e. The van der Waals surface area contributed by atoms with Crippen molar-refractivity contribution in [3.8, 4) is 0 Å². The lowest BCUT2D eigenvalue weighted by molar-refractivity contribution is -0.108. The maximum absolute atomic E-state index is 10.4. The fourth-order valence-electron chi connectivity index (χ4n) is 1.99. The molecule has 0 amide bonds. The number of hydrogen-bond donors (Lipinski definition) is 1. The highest BCUT2D eigenvalue weighted by Gasteiger charge is 2.36. The highest BCUT2D eigenvalue weighted by molar-refractivity contribution is 5.17. The lowest BCUT2D eigenvalue weighted by Gasteiger charge is -2.35. The summed E-state index contributed by atoms with van der Waals surface area (Å²) in [5.74, 6) is 0. The minimum absolute atomic E-state index is 0.170. The molecule has 2 rings (SSSR count). The maximum Gasteiger partial charge on any atom is 0.0974 e. The molecule has 0 spiro atoms. The Hall–Kier alpha value is -0.800. The number of aliphatic hydroxyl groups is 1. The van der Waals surface area contributed by atoms with Gasteiger partial charge in [-0.15, -0.1) is 0 Å². The van der Waals surface area contributed by atoms with E-state index >= 15 is 0 Å². The Balaban J connectivity index is 2.15. The molecule has 14 heavy (non-hydrogen) atoms. The van der Waals surface area contributed by atoms with Crippen molar-refractivity contribution < 1.29 is 14.3 Å². The molecule has 2 heterocycles. The molecule has 0 aliphatic carbocycles. The molecule has 0 radical (unpaired) electrons. The zero-order valence-corrected chi connectivity index (χ0v) is 8.40. The first-order chi connectivity index (χ1) is 6.74. The SMILES string of the molecule is CCC1CC(O)(c2ccoc2)CCO1. The van der Waals surface area contributed by atoms with Crippen LogP contribution in [-0.4, -0.2) is 17.8 Å². The molecule has 1 aliphatic heterocycles. The maximum atomic E-state index is 10.4. The number of hydrogen-bond acceptors (Lipinski definition) is 3. The molecule has 3 heteroatoms. The predicted molar refractivity (Wildman–Crippen MR) is 51.9 cm³/mol. The highest BCUT2D eigenvalue weighted by atomic mass is 16.5. The molecule has 0 aromatic carbocycles. The lowest BCUT2D eigenvalue weighted by Crippen LogP contribution is -2.38. The van der Waals surface area contributed by atoms with Crippen LogP contribution in [-0.2, 0) is 10.3 Å². The van der Waals surface area contributed by atoms with Crippen LogP contribution >= 0.6 is 0 Å². The summed E-state index contributed by atoms with van der Waals surface area (Å²) >= 11 is 0. The van der Waals surface area contributed by atoms with Crippen LogP contribution in [0.2, 0.25) is 0 Å². The first-order valence-corrected chi connectivity index (χ1v) is 5.11. The highest BCUT2D eigenvalue weighted by Crippen LogP contribution is 2.35. The second-order valence-electron chi connectivity index (χ2n) is 3.90. The van der Waals surface area contributed by atoms with E-state index in [1.165, 1.54) is 0 Å². The Morgan fingerprint density at radius 2 is 2.50 bits per heavy atom. The summed E-state index contributed by atoms with van der Waals surface area (Å²) in [5, 5.41) is 10.4. The first-order valence-electron chi connectivity index (χ1n) is 5.11. The van der Waals surface area contributed by atoms with E-state index in [1.54, 1.807) is 12.5 Å². The van der Waals surface area contributed by atoms with Gasteiger partial charge >= 0.3 is 0 Å². The summed E-state index contributed by atoms with van der Waals surface area (Å²) in [4.78, 5) is 0. The predicted octanol–water partition coefficient (Wildman–Crippen LogP) is 2.06. The zero-order chi connectivity index (χ0) is 10.0. The van der Waals surface area contributed by atoms with Gasteiger partial charge < -0.3 is 14.3 Å². The molecule has 1 aromatic heterocycles. The Morgan fingerprint density at radius 1 is 1.64 bits per heavy atom. The second-order valence-corrected chi connectivity index (χ2v) is 3.90. The Kier molecular flexibility index (Phi) is 2.61. The van der Waals surface area contributed by atoms with Crippen LogP contribution in [0.4, 0.5) is 0 Å². The summed E-state index contributed by atoms with van der Waals surface area (Å²) in [5.41, 5.74) is 0.130. The third-order valence-corrected chi connectivity index (χ3v) is 2.95. The Bertz CT molecular complexity index is 281. The van der Waals surface area contributed by atoms with E-state index < -0.39 is 5.60 Å². The molecule has 1 aliphatic rings. The number of rotatable bonds is 2. The van der Waals surface area contributed by atoms with Gasteiger partial charge in [0.15, 0.2) is 0 Å². The molecule has 2 atom stereocenters. The van der Waals surface area contributed by atoms with Gasteiger partial charge in [0, 0.05) is 18.4 Å². The van der Waals surface area contributed by atoms with Crippen LogP contribution in [0.3, 0.4) is 0 Å². The van der Waals surface area contributed by atoms with Crippen molar-refractivity contribution >= 4 is 0 Å². The summed E-state index contributed by atoms with van der Waals surface area (Å²) in [7, 11) is 0. The quantitative estimate of drug-likeness (QED) is 0.787.